The van der Waals surface area contributed by atoms with Gasteiger partial charge in [-0.15, -0.1) is 0 Å². The summed E-state index contributed by atoms with van der Waals surface area (Å²) < 4.78 is 10.1. The van der Waals surface area contributed by atoms with Gasteiger partial charge in [-0.05, 0) is 48.6 Å². The summed E-state index contributed by atoms with van der Waals surface area (Å²) in [5, 5.41) is 2.47. The van der Waals surface area contributed by atoms with Gasteiger partial charge in [0.15, 0.2) is 12.4 Å². The minimum Gasteiger partial charge on any atom is -0.496 e. The maximum absolute atomic E-state index is 12.2. The molecule has 140 valence electrons. The smallest absolute Gasteiger partial charge is 0.325 e. The van der Waals surface area contributed by atoms with Gasteiger partial charge >= 0.3 is 5.97 Å². The van der Waals surface area contributed by atoms with E-state index in [2.05, 4.69) is 5.32 Å². The first kappa shape index (κ1) is 18.6. The first-order valence-electron chi connectivity index (χ1n) is 8.80. The second-order valence-electron chi connectivity index (χ2n) is 6.30. The van der Waals surface area contributed by atoms with Gasteiger partial charge in [0, 0.05) is 5.56 Å². The molecule has 0 spiro atoms. The van der Waals surface area contributed by atoms with Crippen LogP contribution in [0.5, 0.6) is 5.75 Å². The molecule has 1 N–H and O–H groups in total. The summed E-state index contributed by atoms with van der Waals surface area (Å²) in [6, 6.07) is 12.3. The molecule has 0 bridgehead atoms. The van der Waals surface area contributed by atoms with Crippen LogP contribution in [0.3, 0.4) is 0 Å². The highest BCUT2D eigenvalue weighted by atomic mass is 16.5. The van der Waals surface area contributed by atoms with Crippen molar-refractivity contribution in [3.05, 3.63) is 64.7 Å². The number of hydrogen-bond donors (Lipinski definition) is 1. The number of aryl methyl sites for hydroxylation is 2. The number of nitrogens with one attached hydrogen (secondary N) is 1. The van der Waals surface area contributed by atoms with E-state index in [0.29, 0.717) is 16.9 Å². The van der Waals surface area contributed by atoms with Gasteiger partial charge in [0.1, 0.15) is 12.3 Å². The molecule has 2 aromatic carbocycles. The molecule has 0 saturated heterocycles. The lowest BCUT2D eigenvalue weighted by Gasteiger charge is -2.09. The number of hydrogen-bond acceptors (Lipinski definition) is 5. The molecule has 0 aromatic heterocycles. The quantitative estimate of drug-likeness (QED) is 0.600. The highest BCUT2D eigenvalue weighted by Gasteiger charge is 2.16. The molecular weight excluding hydrogens is 346 g/mol. The molecule has 0 radical (unpaired) electrons. The molecule has 1 amide bonds. The van der Waals surface area contributed by atoms with Crippen LogP contribution in [-0.2, 0) is 22.4 Å². The molecule has 0 heterocycles. The number of benzene rings is 2. The number of esters is 1. The van der Waals surface area contributed by atoms with Crippen molar-refractivity contribution in [1.82, 2.24) is 5.32 Å². The van der Waals surface area contributed by atoms with Crippen molar-refractivity contribution in [1.29, 1.82) is 0 Å². The van der Waals surface area contributed by atoms with Crippen LogP contribution in [-0.4, -0.2) is 37.9 Å². The van der Waals surface area contributed by atoms with Gasteiger partial charge in [-0.3, -0.25) is 14.4 Å². The van der Waals surface area contributed by atoms with Gasteiger partial charge in [0.25, 0.3) is 5.91 Å². The zero-order valence-corrected chi connectivity index (χ0v) is 15.1. The molecule has 0 fully saturated rings. The molecule has 0 saturated carbocycles. The van der Waals surface area contributed by atoms with Crippen LogP contribution in [0.1, 0.15) is 38.3 Å². The van der Waals surface area contributed by atoms with E-state index in [1.165, 1.54) is 18.2 Å². The highest BCUT2D eigenvalue weighted by molar-refractivity contribution is 5.99. The van der Waals surface area contributed by atoms with Gasteiger partial charge in [-0.1, -0.05) is 24.3 Å². The maximum atomic E-state index is 12.2. The predicted octanol–water partition coefficient (Wildman–Crippen LogP) is 2.34. The molecule has 0 aliphatic heterocycles. The Balaban J connectivity index is 1.48. The summed E-state index contributed by atoms with van der Waals surface area (Å²) in [7, 11) is 1.46. The average molecular weight is 367 g/mol. The molecule has 0 atom stereocenters. The van der Waals surface area contributed by atoms with Crippen molar-refractivity contribution in [3.63, 3.8) is 0 Å². The minimum atomic E-state index is -0.673. The Bertz CT molecular complexity index is 875. The Labute approximate surface area is 157 Å². The molecule has 3 rings (SSSR count). The molecule has 6 heteroatoms. The number of para-hydroxylation sites is 1. The summed E-state index contributed by atoms with van der Waals surface area (Å²) in [5.41, 5.74) is 3.34. The maximum Gasteiger partial charge on any atom is 0.325 e. The SMILES string of the molecule is COc1ccccc1C(=O)NCC(=O)OCC(=O)c1ccc2c(c1)CCC2. The third kappa shape index (κ3) is 4.53. The van der Waals surface area contributed by atoms with Crippen molar-refractivity contribution in [2.75, 3.05) is 20.3 Å². The summed E-state index contributed by atoms with van der Waals surface area (Å²) >= 11 is 0. The topological polar surface area (TPSA) is 81.7 Å². The fourth-order valence-corrected chi connectivity index (χ4v) is 3.11. The predicted molar refractivity (Wildman–Crippen MR) is 99.1 cm³/mol. The van der Waals surface area contributed by atoms with E-state index in [1.54, 1.807) is 30.3 Å². The Morgan fingerprint density at radius 2 is 1.81 bits per heavy atom. The zero-order valence-electron chi connectivity index (χ0n) is 15.1. The second-order valence-corrected chi connectivity index (χ2v) is 6.30. The third-order valence-electron chi connectivity index (χ3n) is 4.53. The lowest BCUT2D eigenvalue weighted by Crippen LogP contribution is -2.31. The summed E-state index contributed by atoms with van der Waals surface area (Å²) in [6.07, 6.45) is 3.13. The normalized spacial score (nSPS) is 12.2. The van der Waals surface area contributed by atoms with Crippen LogP contribution in [0.25, 0.3) is 0 Å². The van der Waals surface area contributed by atoms with Gasteiger partial charge in [0.2, 0.25) is 0 Å². The lowest BCUT2D eigenvalue weighted by atomic mass is 10.0. The Morgan fingerprint density at radius 1 is 1.04 bits per heavy atom. The molecule has 0 unspecified atom stereocenters. The number of Topliss-reactive ketones (excluding diaryl/α,β-unsaturated/α-hetero) is 1. The second kappa shape index (κ2) is 8.49. The van der Waals surface area contributed by atoms with Crippen molar-refractivity contribution in [2.45, 2.75) is 19.3 Å². The van der Waals surface area contributed by atoms with Crippen LogP contribution < -0.4 is 10.1 Å². The largest absolute Gasteiger partial charge is 0.496 e. The van der Waals surface area contributed by atoms with E-state index in [-0.39, 0.29) is 18.9 Å². The van der Waals surface area contributed by atoms with E-state index in [0.717, 1.165) is 19.3 Å². The van der Waals surface area contributed by atoms with E-state index in [4.69, 9.17) is 9.47 Å². The highest BCUT2D eigenvalue weighted by Crippen LogP contribution is 2.23. The Morgan fingerprint density at radius 3 is 2.63 bits per heavy atom. The van der Waals surface area contributed by atoms with Crippen LogP contribution in [0.2, 0.25) is 0 Å². The van der Waals surface area contributed by atoms with Crippen molar-refractivity contribution < 1.29 is 23.9 Å². The Kier molecular flexibility index (Phi) is 5.86. The summed E-state index contributed by atoms with van der Waals surface area (Å²) in [6.45, 7) is -0.670. The van der Waals surface area contributed by atoms with E-state index in [9.17, 15) is 14.4 Å². The monoisotopic (exact) mass is 367 g/mol. The van der Waals surface area contributed by atoms with Crippen molar-refractivity contribution >= 4 is 17.7 Å². The van der Waals surface area contributed by atoms with E-state index >= 15 is 0 Å². The average Bonchev–Trinajstić information content (AvgIpc) is 3.17. The molecule has 1 aliphatic carbocycles. The van der Waals surface area contributed by atoms with E-state index < -0.39 is 11.9 Å². The molecule has 6 nitrogen and oxygen atoms in total. The fourth-order valence-electron chi connectivity index (χ4n) is 3.11. The fraction of sp³-hybridized carbons (Fsp3) is 0.286. The standard InChI is InChI=1S/C21H21NO5/c1-26-19-8-3-2-7-17(19)21(25)22-12-20(24)27-13-18(23)16-10-9-14-5-4-6-15(14)11-16/h2-3,7-11H,4-6,12-13H2,1H3,(H,22,25). The summed E-state index contributed by atoms with van der Waals surface area (Å²) in [4.78, 5) is 36.2. The van der Waals surface area contributed by atoms with Crippen LogP contribution in [0, 0.1) is 0 Å². The third-order valence-corrected chi connectivity index (χ3v) is 4.53. The number of amides is 1. The number of ether oxygens (including phenoxy) is 2. The number of carbonyl (C=O) groups excluding carboxylic acids is 3. The molecule has 2 aromatic rings. The molecule has 1 aliphatic rings. The van der Waals surface area contributed by atoms with Crippen LogP contribution in [0.15, 0.2) is 42.5 Å². The minimum absolute atomic E-state index is 0.255. The van der Waals surface area contributed by atoms with Crippen molar-refractivity contribution in [2.24, 2.45) is 0 Å². The molecular formula is C21H21NO5. The number of rotatable bonds is 7. The molecule has 27 heavy (non-hydrogen) atoms. The van der Waals surface area contributed by atoms with Gasteiger partial charge < -0.3 is 14.8 Å². The number of carbonyl (C=O) groups is 3. The Hall–Kier alpha value is -3.15. The lowest BCUT2D eigenvalue weighted by molar-refractivity contribution is -0.141. The van der Waals surface area contributed by atoms with Gasteiger partial charge in [-0.25, -0.2) is 0 Å². The number of methoxy groups -OCH3 is 1. The number of ketones is 1. The first-order valence-corrected chi connectivity index (χ1v) is 8.80. The zero-order chi connectivity index (χ0) is 19.2. The van der Waals surface area contributed by atoms with Crippen LogP contribution in [0.4, 0.5) is 0 Å². The first-order chi connectivity index (χ1) is 13.1. The summed E-state index contributed by atoms with van der Waals surface area (Å²) in [5.74, 6) is -0.966. The van der Waals surface area contributed by atoms with Crippen LogP contribution >= 0.6 is 0 Å². The van der Waals surface area contributed by atoms with Gasteiger partial charge in [-0.2, -0.15) is 0 Å². The van der Waals surface area contributed by atoms with E-state index in [1.807, 2.05) is 12.1 Å². The number of fused-ring (bicyclic) bond motifs is 1. The van der Waals surface area contributed by atoms with Crippen molar-refractivity contribution in [3.8, 4) is 5.75 Å². The van der Waals surface area contributed by atoms with Gasteiger partial charge in [0.05, 0.1) is 12.7 Å².